The van der Waals surface area contributed by atoms with Crippen LogP contribution in [0.25, 0.3) is 0 Å². The number of nitrogens with zero attached hydrogens (tertiary/aromatic N) is 3. The van der Waals surface area contributed by atoms with Crippen LogP contribution >= 0.6 is 11.6 Å². The summed E-state index contributed by atoms with van der Waals surface area (Å²) < 4.78 is 1.63. The largest absolute Gasteiger partial charge is 0.297 e. The number of aromatic nitrogens is 2. The lowest BCUT2D eigenvalue weighted by atomic mass is 9.87. The van der Waals surface area contributed by atoms with Gasteiger partial charge in [0.1, 0.15) is 5.15 Å². The third-order valence-corrected chi connectivity index (χ3v) is 4.83. The first kappa shape index (κ1) is 17.2. The van der Waals surface area contributed by atoms with E-state index in [-0.39, 0.29) is 5.78 Å². The monoisotopic (exact) mass is 299 g/mol. The van der Waals surface area contributed by atoms with Gasteiger partial charge in [0.05, 0.1) is 11.2 Å². The summed E-state index contributed by atoms with van der Waals surface area (Å²) in [7, 11) is 1.80. The van der Waals surface area contributed by atoms with Crippen molar-refractivity contribution >= 4 is 17.4 Å². The average molecular weight is 300 g/mol. The van der Waals surface area contributed by atoms with Gasteiger partial charge in [-0.3, -0.25) is 14.4 Å². The summed E-state index contributed by atoms with van der Waals surface area (Å²) in [5.74, 6) is 0.210. The van der Waals surface area contributed by atoms with E-state index in [2.05, 4.69) is 30.8 Å². The lowest BCUT2D eigenvalue weighted by Gasteiger charge is -2.38. The van der Waals surface area contributed by atoms with Crippen molar-refractivity contribution < 1.29 is 4.79 Å². The quantitative estimate of drug-likeness (QED) is 0.777. The Kier molecular flexibility index (Phi) is 5.78. The second-order valence-electron chi connectivity index (χ2n) is 5.38. The fourth-order valence-electron chi connectivity index (χ4n) is 2.74. The Morgan fingerprint density at radius 1 is 1.35 bits per heavy atom. The molecule has 4 nitrogen and oxygen atoms in total. The lowest BCUT2D eigenvalue weighted by molar-refractivity contribution is -0.129. The van der Waals surface area contributed by atoms with E-state index < -0.39 is 5.54 Å². The Bertz CT molecular complexity index is 480. The first-order chi connectivity index (χ1) is 9.31. The van der Waals surface area contributed by atoms with Crippen LogP contribution in [0.2, 0.25) is 5.15 Å². The number of aryl methyl sites for hydroxylation is 2. The molecule has 1 unspecified atom stereocenters. The molecule has 0 aliphatic carbocycles. The zero-order valence-corrected chi connectivity index (χ0v) is 14.2. The van der Waals surface area contributed by atoms with Crippen molar-refractivity contribution in [1.82, 2.24) is 14.7 Å². The molecule has 0 amide bonds. The number of likely N-dealkylation sites (N-methyl/N-ethyl adjacent to an activating group) is 1. The molecule has 0 bridgehead atoms. The lowest BCUT2D eigenvalue weighted by Crippen LogP contribution is -2.52. The number of hydrogen-bond acceptors (Lipinski definition) is 3. The van der Waals surface area contributed by atoms with E-state index in [0.717, 1.165) is 30.8 Å². The van der Waals surface area contributed by atoms with Crippen molar-refractivity contribution in [3.05, 3.63) is 16.4 Å². The Hall–Kier alpha value is -0.870. The van der Waals surface area contributed by atoms with Gasteiger partial charge >= 0.3 is 0 Å². The van der Waals surface area contributed by atoms with Crippen LogP contribution in [-0.4, -0.2) is 39.1 Å². The minimum atomic E-state index is -0.435. The number of rotatable bonds is 7. The van der Waals surface area contributed by atoms with Gasteiger partial charge in [0.15, 0.2) is 5.78 Å². The van der Waals surface area contributed by atoms with Crippen LogP contribution in [-0.2, 0) is 18.3 Å². The van der Waals surface area contributed by atoms with Gasteiger partial charge in [-0.15, -0.1) is 0 Å². The zero-order valence-electron chi connectivity index (χ0n) is 13.5. The van der Waals surface area contributed by atoms with Crippen LogP contribution in [0.4, 0.5) is 0 Å². The molecule has 0 aromatic carbocycles. The molecule has 1 heterocycles. The molecule has 5 heteroatoms. The number of ketones is 1. The highest BCUT2D eigenvalue weighted by molar-refractivity contribution is 6.30. The smallest absolute Gasteiger partial charge is 0.157 e. The van der Waals surface area contributed by atoms with Crippen LogP contribution in [0, 0.1) is 6.92 Å². The van der Waals surface area contributed by atoms with Crippen LogP contribution < -0.4 is 0 Å². The second-order valence-corrected chi connectivity index (χ2v) is 5.74. The van der Waals surface area contributed by atoms with E-state index in [1.165, 1.54) is 0 Å². The predicted octanol–water partition coefficient (Wildman–Crippen LogP) is 3.00. The highest BCUT2D eigenvalue weighted by atomic mass is 35.5. The third kappa shape index (κ3) is 3.07. The van der Waals surface area contributed by atoms with E-state index >= 15 is 0 Å². The number of carbonyl (C=O) groups is 1. The molecule has 0 fully saturated rings. The van der Waals surface area contributed by atoms with Gasteiger partial charge < -0.3 is 0 Å². The van der Waals surface area contributed by atoms with E-state index in [4.69, 9.17) is 11.6 Å². The molecule has 114 valence electrons. The zero-order chi connectivity index (χ0) is 15.5. The van der Waals surface area contributed by atoms with Gasteiger partial charge in [0.2, 0.25) is 0 Å². The summed E-state index contributed by atoms with van der Waals surface area (Å²) in [6, 6.07) is 0. The molecule has 0 aliphatic rings. The maximum atomic E-state index is 12.8. The van der Waals surface area contributed by atoms with E-state index in [1.807, 2.05) is 13.8 Å². The SMILES string of the molecule is CCN(CC)C(C)(CC)C(=O)Cc1c(C)nn(C)c1Cl. The van der Waals surface area contributed by atoms with Crippen LogP contribution in [0.1, 0.15) is 45.4 Å². The van der Waals surface area contributed by atoms with Gasteiger partial charge in [-0.1, -0.05) is 32.4 Å². The fourth-order valence-corrected chi connectivity index (χ4v) is 2.99. The first-order valence-electron chi connectivity index (χ1n) is 7.28. The molecule has 1 aromatic heterocycles. The van der Waals surface area contributed by atoms with Crippen molar-refractivity contribution in [2.24, 2.45) is 7.05 Å². The van der Waals surface area contributed by atoms with Crippen molar-refractivity contribution in [1.29, 1.82) is 0 Å². The highest BCUT2D eigenvalue weighted by Gasteiger charge is 2.36. The maximum Gasteiger partial charge on any atom is 0.157 e. The summed E-state index contributed by atoms with van der Waals surface area (Å²) in [6.45, 7) is 11.9. The van der Waals surface area contributed by atoms with Crippen LogP contribution in [0.5, 0.6) is 0 Å². The third-order valence-electron chi connectivity index (χ3n) is 4.36. The van der Waals surface area contributed by atoms with Gasteiger partial charge in [0.25, 0.3) is 0 Å². The number of halogens is 1. The van der Waals surface area contributed by atoms with Crippen molar-refractivity contribution in [2.45, 2.75) is 53.0 Å². The van der Waals surface area contributed by atoms with Crippen molar-refractivity contribution in [3.8, 4) is 0 Å². The van der Waals surface area contributed by atoms with E-state index in [9.17, 15) is 4.79 Å². The standard InChI is InChI=1S/C15H26ClN3O/c1-7-15(5,19(8-2)9-3)13(20)10-12-11(4)17-18(6)14(12)16/h7-10H2,1-6H3. The van der Waals surface area contributed by atoms with Crippen LogP contribution in [0.3, 0.4) is 0 Å². The Morgan fingerprint density at radius 2 is 1.90 bits per heavy atom. The minimum Gasteiger partial charge on any atom is -0.297 e. The summed E-state index contributed by atoms with van der Waals surface area (Å²) >= 11 is 6.23. The van der Waals surface area contributed by atoms with Crippen molar-refractivity contribution in [3.63, 3.8) is 0 Å². The molecular formula is C15H26ClN3O. The van der Waals surface area contributed by atoms with Gasteiger partial charge in [-0.05, 0) is 33.4 Å². The molecule has 0 saturated heterocycles. The Labute approximate surface area is 127 Å². The molecule has 0 aliphatic heterocycles. The number of hydrogen-bond donors (Lipinski definition) is 0. The Balaban J connectivity index is 3.04. The fraction of sp³-hybridized carbons (Fsp3) is 0.733. The Morgan fingerprint density at radius 3 is 2.25 bits per heavy atom. The van der Waals surface area contributed by atoms with Crippen molar-refractivity contribution in [2.75, 3.05) is 13.1 Å². The molecule has 1 aromatic rings. The molecule has 0 saturated carbocycles. The normalized spacial score (nSPS) is 14.6. The highest BCUT2D eigenvalue weighted by Crippen LogP contribution is 2.26. The van der Waals surface area contributed by atoms with Gasteiger partial charge in [-0.25, -0.2) is 0 Å². The molecular weight excluding hydrogens is 274 g/mol. The molecule has 0 radical (unpaired) electrons. The number of carbonyl (C=O) groups excluding carboxylic acids is 1. The number of Topliss-reactive ketones (excluding diaryl/α,β-unsaturated/α-hetero) is 1. The topological polar surface area (TPSA) is 38.1 Å². The van der Waals surface area contributed by atoms with Crippen LogP contribution in [0.15, 0.2) is 0 Å². The molecule has 0 spiro atoms. The predicted molar refractivity (Wildman–Crippen MR) is 83.3 cm³/mol. The maximum absolute atomic E-state index is 12.8. The molecule has 1 rings (SSSR count). The van der Waals surface area contributed by atoms with E-state index in [0.29, 0.717) is 11.6 Å². The van der Waals surface area contributed by atoms with Gasteiger partial charge in [0, 0.05) is 19.0 Å². The molecule has 0 N–H and O–H groups in total. The van der Waals surface area contributed by atoms with Gasteiger partial charge in [-0.2, -0.15) is 5.10 Å². The summed E-state index contributed by atoms with van der Waals surface area (Å²) in [5, 5.41) is 4.84. The van der Waals surface area contributed by atoms with E-state index in [1.54, 1.807) is 11.7 Å². The minimum absolute atomic E-state index is 0.210. The molecule has 20 heavy (non-hydrogen) atoms. The second kappa shape index (κ2) is 6.72. The average Bonchev–Trinajstić information content (AvgIpc) is 2.66. The molecule has 1 atom stereocenters. The summed E-state index contributed by atoms with van der Waals surface area (Å²) in [6.07, 6.45) is 1.14. The summed E-state index contributed by atoms with van der Waals surface area (Å²) in [5.41, 5.74) is 1.25. The summed E-state index contributed by atoms with van der Waals surface area (Å²) in [4.78, 5) is 15.0. The first-order valence-corrected chi connectivity index (χ1v) is 7.65.